The highest BCUT2D eigenvalue weighted by Crippen LogP contribution is 2.40. The molecule has 39 heavy (non-hydrogen) atoms. The number of sulfone groups is 1. The van der Waals surface area contributed by atoms with E-state index in [0.717, 1.165) is 5.01 Å². The Morgan fingerprint density at radius 1 is 1.18 bits per heavy atom. The average Bonchev–Trinajstić information content (AvgIpc) is 3.36. The molecular weight excluding hydrogens is 549 g/mol. The first-order valence-corrected chi connectivity index (χ1v) is 15.7. The Labute approximate surface area is 228 Å². The van der Waals surface area contributed by atoms with E-state index in [4.69, 9.17) is 19.7 Å². The summed E-state index contributed by atoms with van der Waals surface area (Å²) in [6.45, 7) is 4.73. The van der Waals surface area contributed by atoms with Crippen LogP contribution >= 0.6 is 7.82 Å². The maximum Gasteiger partial charge on any atom is 0.469 e. The maximum atomic E-state index is 13.5. The molecule has 0 aliphatic carbocycles. The predicted octanol–water partition coefficient (Wildman–Crippen LogP) is 2.52. The maximum absolute atomic E-state index is 13.5. The summed E-state index contributed by atoms with van der Waals surface area (Å²) in [4.78, 5) is 32.9. The van der Waals surface area contributed by atoms with Gasteiger partial charge in [-0.1, -0.05) is 44.2 Å². The fourth-order valence-electron chi connectivity index (χ4n) is 4.02. The Hall–Kier alpha value is -2.51. The van der Waals surface area contributed by atoms with E-state index in [1.54, 1.807) is 30.3 Å². The van der Waals surface area contributed by atoms with Crippen LogP contribution in [0.15, 0.2) is 59.5 Å². The molecule has 0 bridgehead atoms. The van der Waals surface area contributed by atoms with Crippen LogP contribution in [0.25, 0.3) is 0 Å². The summed E-state index contributed by atoms with van der Waals surface area (Å²) in [7, 11) is -9.36. The summed E-state index contributed by atoms with van der Waals surface area (Å²) in [5.74, 6) is -0.772. The predicted molar refractivity (Wildman–Crippen MR) is 144 cm³/mol. The van der Waals surface area contributed by atoms with E-state index in [-0.39, 0.29) is 30.4 Å². The van der Waals surface area contributed by atoms with E-state index in [9.17, 15) is 27.6 Å². The van der Waals surface area contributed by atoms with Crippen molar-refractivity contribution in [2.24, 2.45) is 5.92 Å². The van der Waals surface area contributed by atoms with Crippen molar-refractivity contribution >= 4 is 29.4 Å². The lowest BCUT2D eigenvalue weighted by atomic mass is 10.0. The topological polar surface area (TPSA) is 178 Å². The number of carbonyl (C=O) groups is 1. The van der Waals surface area contributed by atoms with Crippen molar-refractivity contribution in [3.05, 3.63) is 60.2 Å². The average molecular weight is 586 g/mol. The van der Waals surface area contributed by atoms with Gasteiger partial charge in [0, 0.05) is 18.7 Å². The van der Waals surface area contributed by atoms with Crippen LogP contribution in [0, 0.1) is 5.92 Å². The van der Waals surface area contributed by atoms with Gasteiger partial charge in [-0.15, -0.1) is 0 Å². The van der Waals surface area contributed by atoms with Crippen molar-refractivity contribution in [2.45, 2.75) is 49.8 Å². The summed E-state index contributed by atoms with van der Waals surface area (Å²) in [5.41, 5.74) is 9.70. The summed E-state index contributed by atoms with van der Waals surface area (Å²) < 4.78 is 54.9. The van der Waals surface area contributed by atoms with Crippen molar-refractivity contribution < 1.29 is 41.6 Å². The van der Waals surface area contributed by atoms with E-state index in [0.29, 0.717) is 24.3 Å². The molecule has 1 saturated heterocycles. The highest BCUT2D eigenvalue weighted by Gasteiger charge is 2.40. The molecule has 1 aliphatic heterocycles. The number of benzene rings is 2. The third kappa shape index (κ3) is 9.87. The number of hydrogen-bond acceptors (Lipinski definition) is 9. The molecule has 12 nitrogen and oxygen atoms in total. The van der Waals surface area contributed by atoms with Crippen molar-refractivity contribution in [1.82, 2.24) is 10.4 Å². The van der Waals surface area contributed by atoms with Crippen LogP contribution in [-0.2, 0) is 34.8 Å². The zero-order valence-electron chi connectivity index (χ0n) is 21.9. The van der Waals surface area contributed by atoms with Gasteiger partial charge in [0.15, 0.2) is 9.84 Å². The van der Waals surface area contributed by atoms with Gasteiger partial charge in [0.25, 0.3) is 0 Å². The van der Waals surface area contributed by atoms with Gasteiger partial charge in [-0.3, -0.25) is 4.52 Å². The number of phosphoric acid groups is 1. The normalized spacial score (nSPS) is 17.6. The van der Waals surface area contributed by atoms with Crippen LogP contribution in [0.4, 0.5) is 10.5 Å². The van der Waals surface area contributed by atoms with E-state index in [1.165, 1.54) is 24.3 Å². The smallest absolute Gasteiger partial charge is 0.443 e. The highest BCUT2D eigenvalue weighted by atomic mass is 32.2. The second-order valence-corrected chi connectivity index (χ2v) is 13.0. The Bertz CT molecular complexity index is 1220. The number of hydrazine groups is 1. The molecule has 0 unspecified atom stereocenters. The molecule has 2 aromatic carbocycles. The number of nitrogens with one attached hydrogen (secondary N) is 1. The standard InChI is InChI=1S/C25H36N3O9PS/c1-18(2)15-27-28(25(29)36-21-12-13-35-16-21)23(14-19-6-4-3-5-7-19)24(37-38(30,31)32)17-39(33,34)22-10-8-20(26)9-11-22/h3-11,18,21,23-24,27H,12-17,26H2,1-2H3,(H2,30,31,32)/t21-,23-,24-/m0/s1. The van der Waals surface area contributed by atoms with Gasteiger partial charge >= 0.3 is 13.9 Å². The molecule has 216 valence electrons. The second-order valence-electron chi connectivity index (χ2n) is 9.74. The molecule has 1 fully saturated rings. The summed E-state index contributed by atoms with van der Waals surface area (Å²) >= 11 is 0. The van der Waals surface area contributed by atoms with Crippen LogP contribution < -0.4 is 11.2 Å². The quantitative estimate of drug-likeness (QED) is 0.154. The van der Waals surface area contributed by atoms with Crippen LogP contribution in [0.5, 0.6) is 0 Å². The molecule has 1 heterocycles. The lowest BCUT2D eigenvalue weighted by Gasteiger charge is -2.37. The number of phosphoric ester groups is 1. The van der Waals surface area contributed by atoms with Crippen molar-refractivity contribution in [3.63, 3.8) is 0 Å². The van der Waals surface area contributed by atoms with Crippen LogP contribution in [0.3, 0.4) is 0 Å². The first kappa shape index (κ1) is 31.0. The van der Waals surface area contributed by atoms with Crippen LogP contribution in [0.2, 0.25) is 0 Å². The first-order valence-electron chi connectivity index (χ1n) is 12.5. The Morgan fingerprint density at radius 3 is 2.41 bits per heavy atom. The van der Waals surface area contributed by atoms with Crippen molar-refractivity contribution in [2.75, 3.05) is 31.2 Å². The second kappa shape index (κ2) is 13.7. The molecule has 0 spiro atoms. The highest BCUT2D eigenvalue weighted by molar-refractivity contribution is 7.91. The lowest BCUT2D eigenvalue weighted by molar-refractivity contribution is -0.00337. The number of anilines is 1. The summed E-state index contributed by atoms with van der Waals surface area (Å²) in [5, 5.41) is 1.09. The molecule has 1 amide bonds. The van der Waals surface area contributed by atoms with Gasteiger partial charge in [0.2, 0.25) is 0 Å². The van der Waals surface area contributed by atoms with Crippen LogP contribution in [-0.4, -0.2) is 73.1 Å². The number of ether oxygens (including phenoxy) is 2. The summed E-state index contributed by atoms with van der Waals surface area (Å²) in [6, 6.07) is 13.0. The molecule has 3 atom stereocenters. The third-order valence-corrected chi connectivity index (χ3v) is 8.27. The molecule has 14 heteroatoms. The number of nitrogen functional groups attached to an aromatic ring is 1. The lowest BCUT2D eigenvalue weighted by Crippen LogP contribution is -2.58. The molecule has 0 radical (unpaired) electrons. The van der Waals surface area contributed by atoms with E-state index in [1.807, 2.05) is 13.8 Å². The number of carbonyl (C=O) groups excluding carboxylic acids is 1. The minimum atomic E-state index is -5.21. The van der Waals surface area contributed by atoms with Gasteiger partial charge in [-0.2, -0.15) is 0 Å². The SMILES string of the molecule is CC(C)CNN(C(=O)O[C@H]1CCOC1)[C@@H](Cc1ccccc1)[C@H](CS(=O)(=O)c1ccc(N)cc1)OP(=O)(O)O. The number of nitrogens with zero attached hydrogens (tertiary/aromatic N) is 1. The zero-order valence-corrected chi connectivity index (χ0v) is 23.6. The Kier molecular flexibility index (Phi) is 10.9. The van der Waals surface area contributed by atoms with E-state index in [2.05, 4.69) is 5.43 Å². The minimum Gasteiger partial charge on any atom is -0.443 e. The monoisotopic (exact) mass is 585 g/mol. The van der Waals surface area contributed by atoms with E-state index >= 15 is 0 Å². The van der Waals surface area contributed by atoms with Gasteiger partial charge < -0.3 is 25.0 Å². The van der Waals surface area contributed by atoms with Crippen molar-refractivity contribution in [3.8, 4) is 0 Å². The van der Waals surface area contributed by atoms with Gasteiger partial charge in [-0.25, -0.2) is 28.2 Å². The Balaban J connectivity index is 2.05. The fraction of sp³-hybridized carbons (Fsp3) is 0.480. The molecule has 5 N–H and O–H groups in total. The molecule has 2 aromatic rings. The van der Waals surface area contributed by atoms with E-state index < -0.39 is 47.8 Å². The number of amides is 1. The number of rotatable bonds is 13. The summed E-state index contributed by atoms with van der Waals surface area (Å²) in [6.07, 6.45) is -2.51. The zero-order chi connectivity index (χ0) is 28.6. The fourth-order valence-corrected chi connectivity index (χ4v) is 6.16. The molecular formula is C25H36N3O9PS. The minimum absolute atomic E-state index is 0.00409. The molecule has 1 aliphatic rings. The van der Waals surface area contributed by atoms with Crippen LogP contribution in [0.1, 0.15) is 25.8 Å². The molecule has 0 saturated carbocycles. The van der Waals surface area contributed by atoms with Gasteiger partial charge in [0.05, 0.1) is 29.9 Å². The number of nitrogens with two attached hydrogens (primary N) is 1. The molecule has 0 aromatic heterocycles. The van der Waals surface area contributed by atoms with Crippen molar-refractivity contribution in [1.29, 1.82) is 0 Å². The largest absolute Gasteiger partial charge is 0.469 e. The Morgan fingerprint density at radius 2 is 1.85 bits per heavy atom. The van der Waals surface area contributed by atoms with Gasteiger partial charge in [-0.05, 0) is 42.2 Å². The first-order chi connectivity index (χ1) is 18.3. The van der Waals surface area contributed by atoms with Gasteiger partial charge in [0.1, 0.15) is 12.2 Å². The molecule has 3 rings (SSSR count). The third-order valence-electron chi connectivity index (χ3n) is 5.97. The number of hydrogen-bond donors (Lipinski definition) is 4.